The molecule has 0 spiro atoms. The van der Waals surface area contributed by atoms with Crippen LogP contribution in [0.15, 0.2) is 53.4 Å². The van der Waals surface area contributed by atoms with Crippen LogP contribution in [0, 0.1) is 5.82 Å². The summed E-state index contributed by atoms with van der Waals surface area (Å²) in [6.45, 7) is 1.93. The molecule has 3 heteroatoms. The lowest BCUT2D eigenvalue weighted by atomic mass is 10.1. The van der Waals surface area contributed by atoms with Crippen molar-refractivity contribution in [1.29, 1.82) is 0 Å². The van der Waals surface area contributed by atoms with Gasteiger partial charge in [-0.25, -0.2) is 4.39 Å². The van der Waals surface area contributed by atoms with Gasteiger partial charge in [-0.05, 0) is 30.7 Å². The molecule has 0 amide bonds. The Labute approximate surface area is 120 Å². The third-order valence-electron chi connectivity index (χ3n) is 2.64. The predicted molar refractivity (Wildman–Crippen MR) is 79.7 cm³/mol. The number of alkyl halides is 1. The average Bonchev–Trinajstić information content (AvgIpc) is 2.38. The van der Waals surface area contributed by atoms with Crippen LogP contribution in [0.1, 0.15) is 22.9 Å². The highest BCUT2D eigenvalue weighted by atomic mass is 79.9. The third kappa shape index (κ3) is 3.59. The van der Waals surface area contributed by atoms with Crippen LogP contribution in [0.25, 0.3) is 0 Å². The Bertz CT molecular complexity index is 511. The largest absolute Gasteiger partial charge is 0.207 e. The van der Waals surface area contributed by atoms with E-state index in [0.717, 1.165) is 10.6 Å². The molecule has 18 heavy (non-hydrogen) atoms. The highest BCUT2D eigenvalue weighted by molar-refractivity contribution is 9.09. The van der Waals surface area contributed by atoms with Crippen molar-refractivity contribution >= 4 is 27.7 Å². The topological polar surface area (TPSA) is 0 Å². The quantitative estimate of drug-likeness (QED) is 0.523. The van der Waals surface area contributed by atoms with Gasteiger partial charge in [-0.3, -0.25) is 0 Å². The first-order valence-corrected chi connectivity index (χ1v) is 7.67. The average molecular weight is 325 g/mol. The summed E-state index contributed by atoms with van der Waals surface area (Å²) in [6.07, 6.45) is 0. The molecule has 0 bridgehead atoms. The monoisotopic (exact) mass is 324 g/mol. The van der Waals surface area contributed by atoms with Crippen LogP contribution in [-0.4, -0.2) is 0 Å². The molecule has 0 aliphatic rings. The van der Waals surface area contributed by atoms with Gasteiger partial charge in [0.1, 0.15) is 5.82 Å². The second kappa shape index (κ2) is 6.39. The van der Waals surface area contributed by atoms with E-state index < -0.39 is 0 Å². The summed E-state index contributed by atoms with van der Waals surface area (Å²) < 4.78 is 13.5. The van der Waals surface area contributed by atoms with Crippen molar-refractivity contribution in [2.45, 2.75) is 22.4 Å². The summed E-state index contributed by atoms with van der Waals surface area (Å²) >= 11 is 5.14. The minimum Gasteiger partial charge on any atom is -0.207 e. The van der Waals surface area contributed by atoms with E-state index in [-0.39, 0.29) is 10.6 Å². The van der Waals surface area contributed by atoms with Gasteiger partial charge in [0, 0.05) is 21.0 Å². The van der Waals surface area contributed by atoms with Gasteiger partial charge >= 0.3 is 0 Å². The first kappa shape index (κ1) is 13.6. The lowest BCUT2D eigenvalue weighted by Crippen LogP contribution is -1.90. The molecule has 0 aliphatic carbocycles. The Morgan fingerprint density at radius 2 is 1.89 bits per heavy atom. The highest BCUT2D eigenvalue weighted by Gasteiger charge is 2.08. The molecule has 0 heterocycles. The number of hydrogen-bond acceptors (Lipinski definition) is 1. The molecule has 1 unspecified atom stereocenters. The SMILES string of the molecule is CC(Br)c1cc(SCc2ccccc2)ccc1F. The van der Waals surface area contributed by atoms with Gasteiger partial charge < -0.3 is 0 Å². The lowest BCUT2D eigenvalue weighted by Gasteiger charge is -2.08. The first-order valence-electron chi connectivity index (χ1n) is 5.77. The Morgan fingerprint density at radius 3 is 2.56 bits per heavy atom. The molecular formula is C15H14BrFS. The maximum atomic E-state index is 13.5. The van der Waals surface area contributed by atoms with Gasteiger partial charge in [-0.2, -0.15) is 0 Å². The van der Waals surface area contributed by atoms with Crippen LogP contribution in [-0.2, 0) is 5.75 Å². The number of benzene rings is 2. The van der Waals surface area contributed by atoms with Crippen molar-refractivity contribution in [2.75, 3.05) is 0 Å². The van der Waals surface area contributed by atoms with Crippen LogP contribution >= 0.6 is 27.7 Å². The zero-order chi connectivity index (χ0) is 13.0. The maximum Gasteiger partial charge on any atom is 0.127 e. The minimum absolute atomic E-state index is 0.0368. The van der Waals surface area contributed by atoms with Gasteiger partial charge in [0.05, 0.1) is 0 Å². The van der Waals surface area contributed by atoms with Crippen molar-refractivity contribution in [3.05, 3.63) is 65.5 Å². The predicted octanol–water partition coefficient (Wildman–Crippen LogP) is 5.57. The Kier molecular flexibility index (Phi) is 4.84. The summed E-state index contributed by atoms with van der Waals surface area (Å²) in [7, 11) is 0. The fourth-order valence-electron chi connectivity index (χ4n) is 1.66. The van der Waals surface area contributed by atoms with E-state index in [1.807, 2.05) is 37.3 Å². The number of hydrogen-bond donors (Lipinski definition) is 0. The summed E-state index contributed by atoms with van der Waals surface area (Å²) in [4.78, 5) is 1.14. The molecule has 2 aromatic rings. The summed E-state index contributed by atoms with van der Waals surface area (Å²) in [5.41, 5.74) is 1.99. The molecular weight excluding hydrogens is 311 g/mol. The van der Waals surface area contributed by atoms with Gasteiger partial charge in [0.25, 0.3) is 0 Å². The van der Waals surface area contributed by atoms with Gasteiger partial charge in [-0.1, -0.05) is 46.3 Å². The normalized spacial score (nSPS) is 12.4. The number of halogens is 2. The van der Waals surface area contributed by atoms with Gasteiger partial charge in [0.2, 0.25) is 0 Å². The van der Waals surface area contributed by atoms with Crippen molar-refractivity contribution < 1.29 is 4.39 Å². The second-order valence-corrected chi connectivity index (χ2v) is 6.50. The van der Waals surface area contributed by atoms with Crippen LogP contribution in [0.4, 0.5) is 4.39 Å². The van der Waals surface area contributed by atoms with Crippen molar-refractivity contribution in [3.8, 4) is 0 Å². The molecule has 2 rings (SSSR count). The lowest BCUT2D eigenvalue weighted by molar-refractivity contribution is 0.610. The van der Waals surface area contributed by atoms with E-state index in [9.17, 15) is 4.39 Å². The molecule has 94 valence electrons. The van der Waals surface area contributed by atoms with Crippen molar-refractivity contribution in [3.63, 3.8) is 0 Å². The molecule has 0 aliphatic heterocycles. The minimum atomic E-state index is -0.150. The second-order valence-electron chi connectivity index (χ2n) is 4.07. The standard InChI is InChI=1S/C15H14BrFS/c1-11(16)14-9-13(7-8-15(14)17)18-10-12-5-3-2-4-6-12/h2-9,11H,10H2,1H3. The van der Waals surface area contributed by atoms with E-state index in [2.05, 4.69) is 28.1 Å². The molecule has 0 fully saturated rings. The number of rotatable bonds is 4. The molecule has 0 saturated carbocycles. The van der Waals surface area contributed by atoms with Crippen LogP contribution in [0.2, 0.25) is 0 Å². The Morgan fingerprint density at radius 1 is 1.17 bits per heavy atom. The molecule has 0 nitrogen and oxygen atoms in total. The molecule has 1 atom stereocenters. The smallest absolute Gasteiger partial charge is 0.127 e. The van der Waals surface area contributed by atoms with Gasteiger partial charge in [-0.15, -0.1) is 11.8 Å². The van der Waals surface area contributed by atoms with Crippen LogP contribution in [0.5, 0.6) is 0 Å². The zero-order valence-electron chi connectivity index (χ0n) is 10.1. The third-order valence-corrected chi connectivity index (χ3v) is 4.20. The fourth-order valence-corrected chi connectivity index (χ4v) is 2.91. The molecule has 0 N–H and O–H groups in total. The van der Waals surface area contributed by atoms with E-state index in [0.29, 0.717) is 5.56 Å². The molecule has 2 aromatic carbocycles. The van der Waals surface area contributed by atoms with E-state index >= 15 is 0 Å². The summed E-state index contributed by atoms with van der Waals surface area (Å²) in [5, 5.41) is 0. The first-order chi connectivity index (χ1) is 8.66. The summed E-state index contributed by atoms with van der Waals surface area (Å²) in [5.74, 6) is 0.756. The van der Waals surface area contributed by atoms with E-state index in [1.54, 1.807) is 17.8 Å². The van der Waals surface area contributed by atoms with Crippen molar-refractivity contribution in [2.24, 2.45) is 0 Å². The van der Waals surface area contributed by atoms with Gasteiger partial charge in [0.15, 0.2) is 0 Å². The van der Waals surface area contributed by atoms with Crippen LogP contribution < -0.4 is 0 Å². The molecule has 0 saturated heterocycles. The maximum absolute atomic E-state index is 13.5. The molecule has 0 aromatic heterocycles. The zero-order valence-corrected chi connectivity index (χ0v) is 12.5. The van der Waals surface area contributed by atoms with Crippen molar-refractivity contribution in [1.82, 2.24) is 0 Å². The summed E-state index contributed by atoms with van der Waals surface area (Å²) in [6, 6.07) is 15.6. The van der Waals surface area contributed by atoms with E-state index in [4.69, 9.17) is 0 Å². The Balaban J connectivity index is 2.08. The van der Waals surface area contributed by atoms with E-state index in [1.165, 1.54) is 5.56 Å². The highest BCUT2D eigenvalue weighted by Crippen LogP contribution is 2.30. The van der Waals surface area contributed by atoms with Crippen LogP contribution in [0.3, 0.4) is 0 Å². The number of thioether (sulfide) groups is 1. The fraction of sp³-hybridized carbons (Fsp3) is 0.200. The Hall–Kier alpha value is -0.800. The molecule has 0 radical (unpaired) electrons.